The minimum absolute atomic E-state index is 0.0110. The van der Waals surface area contributed by atoms with Crippen LogP contribution in [0.4, 0.5) is 19.0 Å². The second-order valence-electron chi connectivity index (χ2n) is 4.77. The summed E-state index contributed by atoms with van der Waals surface area (Å²) in [7, 11) is 0. The van der Waals surface area contributed by atoms with Crippen molar-refractivity contribution in [2.45, 2.75) is 19.0 Å². The van der Waals surface area contributed by atoms with Gasteiger partial charge in [-0.3, -0.25) is 5.10 Å². The number of hydrogen-bond acceptors (Lipinski definition) is 5. The number of fused-ring (bicyclic) bond motifs is 1. The zero-order chi connectivity index (χ0) is 16.6. The van der Waals surface area contributed by atoms with Crippen LogP contribution in [0.15, 0.2) is 35.0 Å². The molecule has 1 unspecified atom stereocenters. The Morgan fingerprint density at radius 3 is 2.87 bits per heavy atom. The predicted molar refractivity (Wildman–Crippen MR) is 78.1 cm³/mol. The zero-order valence-electron chi connectivity index (χ0n) is 11.9. The molecule has 0 amide bonds. The molecule has 3 heterocycles. The fourth-order valence-corrected chi connectivity index (χ4v) is 3.36. The Morgan fingerprint density at radius 2 is 2.26 bits per heavy atom. The summed E-state index contributed by atoms with van der Waals surface area (Å²) < 4.78 is 45.2. The number of nitrogens with one attached hydrogen (secondary N) is 2. The summed E-state index contributed by atoms with van der Waals surface area (Å²) in [6.07, 6.45) is -3.24. The molecular formula is C14H12F3N3O2S. The van der Waals surface area contributed by atoms with Crippen molar-refractivity contribution in [2.75, 3.05) is 11.9 Å². The summed E-state index contributed by atoms with van der Waals surface area (Å²) in [5.41, 5.74) is -1.10. The maximum Gasteiger partial charge on any atom is 0.431 e. The lowest BCUT2D eigenvalue weighted by atomic mass is 9.86. The molecule has 0 bridgehead atoms. The van der Waals surface area contributed by atoms with Crippen molar-refractivity contribution in [3.05, 3.63) is 45.4 Å². The number of aromatic nitrogens is 2. The fourth-order valence-electron chi connectivity index (χ4n) is 2.51. The van der Waals surface area contributed by atoms with Crippen LogP contribution in [0.3, 0.4) is 0 Å². The largest absolute Gasteiger partial charge is 0.463 e. The van der Waals surface area contributed by atoms with Gasteiger partial charge in [-0.05, 0) is 18.4 Å². The molecule has 0 aliphatic carbocycles. The Balaban J connectivity index is 2.22. The lowest BCUT2D eigenvalue weighted by Gasteiger charge is -2.28. The number of aromatic amines is 1. The highest BCUT2D eigenvalue weighted by molar-refractivity contribution is 7.10. The van der Waals surface area contributed by atoms with Gasteiger partial charge in [-0.15, -0.1) is 11.3 Å². The van der Waals surface area contributed by atoms with Crippen LogP contribution in [0, 0.1) is 0 Å². The van der Waals surface area contributed by atoms with Gasteiger partial charge in [0.25, 0.3) is 0 Å². The molecule has 0 saturated carbocycles. The number of anilines is 1. The average molecular weight is 343 g/mol. The molecule has 1 atom stereocenters. The Bertz CT molecular complexity index is 750. The summed E-state index contributed by atoms with van der Waals surface area (Å²) in [6, 6.07) is 3.41. The van der Waals surface area contributed by atoms with Gasteiger partial charge in [-0.25, -0.2) is 4.79 Å². The third kappa shape index (κ3) is 2.72. The molecule has 2 N–H and O–H groups in total. The number of halogens is 3. The van der Waals surface area contributed by atoms with E-state index in [0.29, 0.717) is 10.4 Å². The van der Waals surface area contributed by atoms with Crippen LogP contribution in [-0.4, -0.2) is 28.9 Å². The fraction of sp³-hybridized carbons (Fsp3) is 0.286. The van der Waals surface area contributed by atoms with Crippen molar-refractivity contribution in [3.63, 3.8) is 0 Å². The molecule has 0 saturated heterocycles. The van der Waals surface area contributed by atoms with E-state index in [1.807, 2.05) is 0 Å². The van der Waals surface area contributed by atoms with E-state index in [1.165, 1.54) is 17.5 Å². The SMILES string of the molecule is CCOC(=O)C1=C(C(F)(F)F)Nc2n[nH]cc2C1c1cccs1. The molecule has 23 heavy (non-hydrogen) atoms. The number of ether oxygens (including phenoxy) is 1. The number of nitrogens with zero attached hydrogens (tertiary/aromatic N) is 1. The summed E-state index contributed by atoms with van der Waals surface area (Å²) in [6.45, 7) is 1.54. The standard InChI is InChI=1S/C14H12F3N3O2S/c1-2-22-13(21)10-9(8-4-3-5-23-8)7-6-18-20-12(7)19-11(10)14(15,16)17/h3-6,9H,2H2,1H3,(H2,18,19,20). The second-order valence-corrected chi connectivity index (χ2v) is 5.75. The van der Waals surface area contributed by atoms with Crippen LogP contribution in [-0.2, 0) is 9.53 Å². The zero-order valence-corrected chi connectivity index (χ0v) is 12.7. The smallest absolute Gasteiger partial charge is 0.431 e. The Hall–Kier alpha value is -2.29. The van der Waals surface area contributed by atoms with E-state index >= 15 is 0 Å². The van der Waals surface area contributed by atoms with E-state index in [0.717, 1.165) is 0 Å². The van der Waals surface area contributed by atoms with Crippen LogP contribution < -0.4 is 5.32 Å². The van der Waals surface area contributed by atoms with E-state index < -0.39 is 29.3 Å². The van der Waals surface area contributed by atoms with E-state index in [1.54, 1.807) is 24.4 Å². The minimum Gasteiger partial charge on any atom is -0.463 e. The van der Waals surface area contributed by atoms with Crippen molar-refractivity contribution < 1.29 is 22.7 Å². The summed E-state index contributed by atoms with van der Waals surface area (Å²) in [4.78, 5) is 12.9. The third-order valence-electron chi connectivity index (χ3n) is 3.39. The van der Waals surface area contributed by atoms with Crippen molar-refractivity contribution in [2.24, 2.45) is 0 Å². The first kappa shape index (κ1) is 15.6. The van der Waals surface area contributed by atoms with Gasteiger partial charge < -0.3 is 10.1 Å². The van der Waals surface area contributed by atoms with Gasteiger partial charge in [0.1, 0.15) is 5.70 Å². The van der Waals surface area contributed by atoms with E-state index in [9.17, 15) is 18.0 Å². The van der Waals surface area contributed by atoms with Gasteiger partial charge in [0.2, 0.25) is 0 Å². The van der Waals surface area contributed by atoms with Crippen LogP contribution in [0.25, 0.3) is 0 Å². The van der Waals surface area contributed by atoms with Crippen LogP contribution in [0.1, 0.15) is 23.3 Å². The number of H-pyrrole nitrogens is 1. The van der Waals surface area contributed by atoms with E-state index in [2.05, 4.69) is 15.5 Å². The molecule has 2 aromatic rings. The maximum absolute atomic E-state index is 13.4. The lowest BCUT2D eigenvalue weighted by molar-refractivity contribution is -0.140. The number of esters is 1. The maximum atomic E-state index is 13.4. The summed E-state index contributed by atoms with van der Waals surface area (Å²) in [5, 5.41) is 10.3. The molecule has 1 aliphatic rings. The molecule has 0 fully saturated rings. The third-order valence-corrected chi connectivity index (χ3v) is 4.33. The van der Waals surface area contributed by atoms with E-state index in [4.69, 9.17) is 4.74 Å². The first-order valence-corrected chi connectivity index (χ1v) is 7.64. The van der Waals surface area contributed by atoms with Crippen molar-refractivity contribution >= 4 is 23.1 Å². The Labute approximate surface area is 133 Å². The molecule has 5 nitrogen and oxygen atoms in total. The predicted octanol–water partition coefficient (Wildman–Crippen LogP) is 3.41. The number of alkyl halides is 3. The van der Waals surface area contributed by atoms with Gasteiger partial charge in [-0.1, -0.05) is 6.07 Å². The average Bonchev–Trinajstić information content (AvgIpc) is 3.15. The Morgan fingerprint density at radius 1 is 1.48 bits per heavy atom. The van der Waals surface area contributed by atoms with Gasteiger partial charge in [-0.2, -0.15) is 18.3 Å². The minimum atomic E-state index is -4.73. The normalized spacial score (nSPS) is 17.7. The number of thiophene rings is 1. The van der Waals surface area contributed by atoms with E-state index in [-0.39, 0.29) is 12.4 Å². The second kappa shape index (κ2) is 5.73. The molecule has 1 aliphatic heterocycles. The van der Waals surface area contributed by atoms with Gasteiger partial charge in [0.15, 0.2) is 5.82 Å². The van der Waals surface area contributed by atoms with Crippen molar-refractivity contribution in [3.8, 4) is 0 Å². The first-order chi connectivity index (χ1) is 10.9. The molecule has 3 rings (SSSR count). The van der Waals surface area contributed by atoms with Crippen molar-refractivity contribution in [1.29, 1.82) is 0 Å². The monoisotopic (exact) mass is 343 g/mol. The van der Waals surface area contributed by atoms with Gasteiger partial charge >= 0.3 is 12.1 Å². The highest BCUT2D eigenvalue weighted by atomic mass is 32.1. The number of carbonyl (C=O) groups is 1. The quantitative estimate of drug-likeness (QED) is 0.838. The van der Waals surface area contributed by atoms with Crippen LogP contribution >= 0.6 is 11.3 Å². The molecule has 0 radical (unpaired) electrons. The van der Waals surface area contributed by atoms with Crippen LogP contribution in [0.2, 0.25) is 0 Å². The molecule has 0 spiro atoms. The highest BCUT2D eigenvalue weighted by Crippen LogP contribution is 2.46. The molecule has 0 aromatic carbocycles. The first-order valence-electron chi connectivity index (χ1n) is 6.76. The number of allylic oxidation sites excluding steroid dienone is 1. The number of carbonyl (C=O) groups excluding carboxylic acids is 1. The number of rotatable bonds is 3. The molecular weight excluding hydrogens is 331 g/mol. The summed E-state index contributed by atoms with van der Waals surface area (Å²) in [5.74, 6) is -1.80. The number of hydrogen-bond donors (Lipinski definition) is 2. The molecule has 122 valence electrons. The molecule has 2 aromatic heterocycles. The summed E-state index contributed by atoms with van der Waals surface area (Å²) >= 11 is 1.27. The molecule has 9 heteroatoms. The Kier molecular flexibility index (Phi) is 3.88. The lowest BCUT2D eigenvalue weighted by Crippen LogP contribution is -2.31. The topological polar surface area (TPSA) is 67.0 Å². The van der Waals surface area contributed by atoms with Gasteiger partial charge in [0, 0.05) is 16.6 Å². The van der Waals surface area contributed by atoms with Gasteiger partial charge in [0.05, 0.1) is 18.1 Å². The highest BCUT2D eigenvalue weighted by Gasteiger charge is 2.46. The van der Waals surface area contributed by atoms with Crippen molar-refractivity contribution in [1.82, 2.24) is 10.2 Å². The van der Waals surface area contributed by atoms with Crippen LogP contribution in [0.5, 0.6) is 0 Å².